The summed E-state index contributed by atoms with van der Waals surface area (Å²) in [4.78, 5) is 27.9. The van der Waals surface area contributed by atoms with Crippen LogP contribution >= 0.6 is 23.2 Å². The van der Waals surface area contributed by atoms with Crippen molar-refractivity contribution in [2.75, 3.05) is 12.4 Å². The Bertz CT molecular complexity index is 1090. The summed E-state index contributed by atoms with van der Waals surface area (Å²) in [5.41, 5.74) is 1.69. The molecule has 0 spiro atoms. The molecule has 0 fully saturated rings. The fourth-order valence-corrected chi connectivity index (χ4v) is 3.01. The largest absolute Gasteiger partial charge is 0.457 e. The summed E-state index contributed by atoms with van der Waals surface area (Å²) < 4.78 is 5.79. The van der Waals surface area contributed by atoms with Gasteiger partial charge in [0.05, 0.1) is 16.1 Å². The quantitative estimate of drug-likeness (QED) is 0.459. The molecule has 0 saturated carbocycles. The fraction of sp³-hybridized carbons (Fsp3) is 0.136. The molecule has 0 bridgehead atoms. The number of hydrogen-bond donors (Lipinski definition) is 3. The number of urea groups is 1. The van der Waals surface area contributed by atoms with Gasteiger partial charge in [0.1, 0.15) is 17.2 Å². The van der Waals surface area contributed by atoms with Gasteiger partial charge in [-0.1, -0.05) is 35.3 Å². The third kappa shape index (κ3) is 6.10. The number of rotatable bonds is 6. The maximum atomic E-state index is 12.3. The molecule has 3 aromatic rings. The van der Waals surface area contributed by atoms with Crippen molar-refractivity contribution in [3.05, 3.63) is 82.1 Å². The Morgan fingerprint density at radius 2 is 1.71 bits per heavy atom. The number of carbonyl (C=O) groups excluding carboxylic acids is 2. The van der Waals surface area contributed by atoms with Crippen LogP contribution in [0.15, 0.2) is 60.8 Å². The number of ether oxygens (including phenoxy) is 1. The third-order valence-electron chi connectivity index (χ3n) is 4.33. The van der Waals surface area contributed by atoms with E-state index in [2.05, 4.69) is 20.9 Å². The van der Waals surface area contributed by atoms with E-state index in [0.29, 0.717) is 27.2 Å². The number of halogens is 2. The van der Waals surface area contributed by atoms with E-state index in [4.69, 9.17) is 27.9 Å². The van der Waals surface area contributed by atoms with Crippen molar-refractivity contribution in [2.45, 2.75) is 13.0 Å². The second-order valence-electron chi connectivity index (χ2n) is 6.58. The van der Waals surface area contributed by atoms with Crippen molar-refractivity contribution in [3.63, 3.8) is 0 Å². The zero-order valence-electron chi connectivity index (χ0n) is 16.8. The van der Waals surface area contributed by atoms with Gasteiger partial charge in [-0.25, -0.2) is 4.79 Å². The van der Waals surface area contributed by atoms with Gasteiger partial charge in [0.15, 0.2) is 0 Å². The van der Waals surface area contributed by atoms with Crippen molar-refractivity contribution in [2.24, 2.45) is 0 Å². The van der Waals surface area contributed by atoms with Gasteiger partial charge < -0.3 is 20.7 Å². The lowest BCUT2D eigenvalue weighted by molar-refractivity contribution is 0.0958. The summed E-state index contributed by atoms with van der Waals surface area (Å²) in [6.07, 6.45) is 1.51. The lowest BCUT2D eigenvalue weighted by atomic mass is 10.1. The van der Waals surface area contributed by atoms with E-state index in [1.807, 2.05) is 19.1 Å². The normalized spacial score (nSPS) is 11.4. The average molecular weight is 459 g/mol. The molecule has 3 rings (SSSR count). The molecule has 3 amide bonds. The highest BCUT2D eigenvalue weighted by molar-refractivity contribution is 6.42. The number of hydrogen-bond acceptors (Lipinski definition) is 4. The molecule has 0 aliphatic rings. The molecule has 1 atom stereocenters. The van der Waals surface area contributed by atoms with Gasteiger partial charge >= 0.3 is 6.03 Å². The molecule has 7 nitrogen and oxygen atoms in total. The van der Waals surface area contributed by atoms with Crippen LogP contribution in [0.4, 0.5) is 10.5 Å². The molecule has 3 N–H and O–H groups in total. The number of pyridine rings is 1. The Labute approximate surface area is 189 Å². The van der Waals surface area contributed by atoms with Crippen molar-refractivity contribution in [3.8, 4) is 11.5 Å². The topological polar surface area (TPSA) is 92.4 Å². The van der Waals surface area contributed by atoms with Gasteiger partial charge in [-0.05, 0) is 48.9 Å². The van der Waals surface area contributed by atoms with E-state index < -0.39 is 0 Å². The smallest absolute Gasteiger partial charge is 0.319 e. The Morgan fingerprint density at radius 3 is 2.39 bits per heavy atom. The minimum atomic E-state index is -0.371. The fourth-order valence-electron chi connectivity index (χ4n) is 2.71. The second-order valence-corrected chi connectivity index (χ2v) is 7.39. The molecule has 1 aromatic heterocycles. The highest BCUT2D eigenvalue weighted by Crippen LogP contribution is 2.26. The predicted octanol–water partition coefficient (Wildman–Crippen LogP) is 5.42. The van der Waals surface area contributed by atoms with E-state index in [-0.39, 0.29) is 23.7 Å². The molecule has 2 aromatic carbocycles. The van der Waals surface area contributed by atoms with E-state index in [1.54, 1.807) is 42.5 Å². The number of anilines is 1. The first-order valence-electron chi connectivity index (χ1n) is 9.34. The molecule has 0 saturated heterocycles. The SMILES string of the molecule is CNC(=O)c1cc(Oc2ccc(C(C)NC(=O)Nc3ccc(Cl)c(Cl)c3)cc2)ccn1. The number of aromatic nitrogens is 1. The van der Waals surface area contributed by atoms with Gasteiger partial charge in [0, 0.05) is 25.0 Å². The van der Waals surface area contributed by atoms with E-state index in [9.17, 15) is 9.59 Å². The molecule has 9 heteroatoms. The van der Waals surface area contributed by atoms with E-state index in [1.165, 1.54) is 13.2 Å². The van der Waals surface area contributed by atoms with Crippen LogP contribution in [0.3, 0.4) is 0 Å². The summed E-state index contributed by atoms with van der Waals surface area (Å²) in [7, 11) is 1.54. The summed E-state index contributed by atoms with van der Waals surface area (Å²) >= 11 is 11.8. The molecule has 0 radical (unpaired) electrons. The highest BCUT2D eigenvalue weighted by atomic mass is 35.5. The van der Waals surface area contributed by atoms with Crippen molar-refractivity contribution < 1.29 is 14.3 Å². The summed E-state index contributed by atoms with van der Waals surface area (Å²) in [5, 5.41) is 8.87. The Balaban J connectivity index is 1.59. The lowest BCUT2D eigenvalue weighted by Crippen LogP contribution is -2.31. The zero-order valence-corrected chi connectivity index (χ0v) is 18.3. The molecule has 1 heterocycles. The minimum Gasteiger partial charge on any atom is -0.457 e. The standard InChI is InChI=1S/C22H20Cl2N4O3/c1-13(27-22(30)28-15-5-8-18(23)19(24)11-15)14-3-6-16(7-4-14)31-17-9-10-26-20(12-17)21(29)25-2/h3-13H,1-2H3,(H,25,29)(H2,27,28,30). The molecular formula is C22H20Cl2N4O3. The van der Waals surface area contributed by atoms with Crippen LogP contribution in [0.25, 0.3) is 0 Å². The van der Waals surface area contributed by atoms with Crippen molar-refractivity contribution in [1.29, 1.82) is 0 Å². The van der Waals surface area contributed by atoms with Gasteiger partial charge in [0.2, 0.25) is 0 Å². The third-order valence-corrected chi connectivity index (χ3v) is 5.07. The summed E-state index contributed by atoms with van der Waals surface area (Å²) in [6.45, 7) is 1.86. The van der Waals surface area contributed by atoms with Crippen molar-refractivity contribution >= 4 is 40.8 Å². The van der Waals surface area contributed by atoms with Gasteiger partial charge in [-0.2, -0.15) is 0 Å². The molecule has 160 valence electrons. The highest BCUT2D eigenvalue weighted by Gasteiger charge is 2.11. The number of nitrogens with one attached hydrogen (secondary N) is 3. The Morgan fingerprint density at radius 1 is 0.968 bits per heavy atom. The monoisotopic (exact) mass is 458 g/mol. The lowest BCUT2D eigenvalue weighted by Gasteiger charge is -2.16. The zero-order chi connectivity index (χ0) is 22.4. The number of carbonyl (C=O) groups is 2. The minimum absolute atomic E-state index is 0.252. The van der Waals surface area contributed by atoms with Crippen LogP contribution in [-0.4, -0.2) is 24.0 Å². The van der Waals surface area contributed by atoms with Crippen LogP contribution < -0.4 is 20.7 Å². The molecule has 0 aliphatic carbocycles. The van der Waals surface area contributed by atoms with Gasteiger partial charge in [0.25, 0.3) is 5.91 Å². The molecule has 0 aliphatic heterocycles. The number of benzene rings is 2. The van der Waals surface area contributed by atoms with Gasteiger partial charge in [-0.15, -0.1) is 0 Å². The first kappa shape index (κ1) is 22.4. The van der Waals surface area contributed by atoms with Crippen LogP contribution in [0, 0.1) is 0 Å². The van der Waals surface area contributed by atoms with Crippen LogP contribution in [0.1, 0.15) is 29.0 Å². The van der Waals surface area contributed by atoms with E-state index >= 15 is 0 Å². The maximum Gasteiger partial charge on any atom is 0.319 e. The number of amides is 3. The number of nitrogens with zero attached hydrogens (tertiary/aromatic N) is 1. The van der Waals surface area contributed by atoms with Crippen LogP contribution in [0.2, 0.25) is 10.0 Å². The maximum absolute atomic E-state index is 12.3. The average Bonchev–Trinajstić information content (AvgIpc) is 2.76. The molecular weight excluding hydrogens is 439 g/mol. The first-order valence-corrected chi connectivity index (χ1v) is 10.1. The Kier molecular flexibility index (Phi) is 7.33. The summed E-state index contributed by atoms with van der Waals surface area (Å²) in [6, 6.07) is 14.7. The van der Waals surface area contributed by atoms with Crippen molar-refractivity contribution in [1.82, 2.24) is 15.6 Å². The predicted molar refractivity (Wildman–Crippen MR) is 121 cm³/mol. The summed E-state index contributed by atoms with van der Waals surface area (Å²) in [5.74, 6) is 0.790. The molecule has 31 heavy (non-hydrogen) atoms. The first-order chi connectivity index (χ1) is 14.9. The second kappa shape index (κ2) is 10.1. The van der Waals surface area contributed by atoms with Gasteiger partial charge in [-0.3, -0.25) is 9.78 Å². The van der Waals surface area contributed by atoms with Crippen LogP contribution in [0.5, 0.6) is 11.5 Å². The molecule has 1 unspecified atom stereocenters. The Hall–Kier alpha value is -3.29. The van der Waals surface area contributed by atoms with Crippen LogP contribution in [-0.2, 0) is 0 Å². The van der Waals surface area contributed by atoms with E-state index in [0.717, 1.165) is 5.56 Å².